The summed E-state index contributed by atoms with van der Waals surface area (Å²) in [4.78, 5) is 29.5. The summed E-state index contributed by atoms with van der Waals surface area (Å²) in [5.74, 6) is -1.30. The molecular weight excluding hydrogens is 463 g/mol. The van der Waals surface area contributed by atoms with Crippen LogP contribution in [0, 0.1) is 5.92 Å². The van der Waals surface area contributed by atoms with Gasteiger partial charge in [0.25, 0.3) is 0 Å². The number of unbranched alkanes of at least 4 members (excludes halogenated alkanes) is 12. The number of ether oxygens (including phenoxy) is 2. The van der Waals surface area contributed by atoms with Gasteiger partial charge in [-0.2, -0.15) is 0 Å². The summed E-state index contributed by atoms with van der Waals surface area (Å²) >= 11 is 0. The van der Waals surface area contributed by atoms with E-state index < -0.39 is 38.4 Å². The molecule has 9 nitrogen and oxygen atoms in total. The molecule has 0 aromatic heterocycles. The highest BCUT2D eigenvalue weighted by Crippen LogP contribution is 2.40. The van der Waals surface area contributed by atoms with E-state index in [4.69, 9.17) is 19.3 Å². The fourth-order valence-electron chi connectivity index (χ4n) is 4.00. The second-order valence-electron chi connectivity index (χ2n) is 9.48. The van der Waals surface area contributed by atoms with Gasteiger partial charge >= 0.3 is 13.8 Å². The van der Waals surface area contributed by atoms with Gasteiger partial charge in [0.05, 0.1) is 13.2 Å². The van der Waals surface area contributed by atoms with E-state index in [1.807, 2.05) is 0 Å². The Morgan fingerprint density at radius 3 is 1.79 bits per heavy atom. The van der Waals surface area contributed by atoms with Gasteiger partial charge in [0, 0.05) is 0 Å². The Morgan fingerprint density at radius 1 is 0.882 bits per heavy atom. The maximum atomic E-state index is 11.6. The quantitative estimate of drug-likeness (QED) is 0.0924. The van der Waals surface area contributed by atoms with Crippen LogP contribution in [0.2, 0.25) is 0 Å². The highest BCUT2D eigenvalue weighted by Gasteiger charge is 2.43. The third kappa shape index (κ3) is 13.7. The van der Waals surface area contributed by atoms with E-state index >= 15 is 0 Å². The predicted octanol–water partition coefficient (Wildman–Crippen LogP) is 5.29. The molecule has 0 radical (unpaired) electrons. The van der Waals surface area contributed by atoms with E-state index in [0.717, 1.165) is 25.2 Å². The van der Waals surface area contributed by atoms with Gasteiger partial charge in [-0.05, 0) is 12.3 Å². The molecule has 0 saturated carbocycles. The molecule has 0 aromatic carbocycles. The van der Waals surface area contributed by atoms with Crippen molar-refractivity contribution in [2.75, 3.05) is 13.2 Å². The highest BCUT2D eigenvalue weighted by atomic mass is 31.2. The number of hydrogen-bond donors (Lipinski definition) is 4. The normalized spacial score (nSPS) is 17.5. The first kappa shape index (κ1) is 30.9. The molecule has 0 aliphatic carbocycles. The third-order valence-corrected chi connectivity index (χ3v) is 6.44. The van der Waals surface area contributed by atoms with Crippen molar-refractivity contribution in [2.24, 2.45) is 5.92 Å². The van der Waals surface area contributed by atoms with Crippen LogP contribution in [0.1, 0.15) is 104 Å². The number of hydrogen-bond acceptors (Lipinski definition) is 7. The Labute approximate surface area is 204 Å². The number of aliphatic hydroxyl groups is 2. The molecule has 0 spiro atoms. The topological polar surface area (TPSA) is 143 Å². The molecule has 0 unspecified atom stereocenters. The van der Waals surface area contributed by atoms with Crippen molar-refractivity contribution < 1.29 is 43.4 Å². The Kier molecular flexibility index (Phi) is 15.8. The maximum Gasteiger partial charge on any atom is 0.470 e. The van der Waals surface area contributed by atoms with Gasteiger partial charge in [0.1, 0.15) is 6.10 Å². The second kappa shape index (κ2) is 17.3. The van der Waals surface area contributed by atoms with Crippen molar-refractivity contribution in [1.29, 1.82) is 0 Å². The summed E-state index contributed by atoms with van der Waals surface area (Å²) in [5, 5.41) is 19.2. The lowest BCUT2D eigenvalue weighted by Gasteiger charge is -2.23. The van der Waals surface area contributed by atoms with Crippen molar-refractivity contribution in [2.45, 2.75) is 116 Å². The minimum Gasteiger partial charge on any atom is -0.499 e. The zero-order valence-corrected chi connectivity index (χ0v) is 21.7. The summed E-state index contributed by atoms with van der Waals surface area (Å²) in [6, 6.07) is 0. The van der Waals surface area contributed by atoms with Crippen LogP contribution in [0.15, 0.2) is 11.5 Å². The number of phosphoric acid groups is 1. The molecule has 10 heteroatoms. The molecule has 0 bridgehead atoms. The summed E-state index contributed by atoms with van der Waals surface area (Å²) in [5.41, 5.74) is 0. The molecule has 0 saturated heterocycles. The lowest BCUT2D eigenvalue weighted by atomic mass is 10.0. The van der Waals surface area contributed by atoms with Crippen molar-refractivity contribution in [3.05, 3.63) is 11.5 Å². The van der Waals surface area contributed by atoms with Crippen LogP contribution < -0.4 is 0 Å². The lowest BCUT2D eigenvalue weighted by Crippen LogP contribution is -2.34. The van der Waals surface area contributed by atoms with E-state index in [-0.39, 0.29) is 12.4 Å². The number of phosphoric ester groups is 1. The van der Waals surface area contributed by atoms with Crippen LogP contribution in [0.4, 0.5) is 0 Å². The number of aliphatic hydroxyl groups excluding tert-OH is 2. The Balaban J connectivity index is 2.08. The van der Waals surface area contributed by atoms with E-state index in [1.165, 1.54) is 64.2 Å². The fourth-order valence-corrected chi connectivity index (χ4v) is 4.53. The summed E-state index contributed by atoms with van der Waals surface area (Å²) in [7, 11) is -4.93. The number of cyclic esters (lactones) is 1. The van der Waals surface area contributed by atoms with Gasteiger partial charge in [0.15, 0.2) is 11.9 Å². The van der Waals surface area contributed by atoms with Crippen LogP contribution in [0.3, 0.4) is 0 Å². The monoisotopic (exact) mass is 508 g/mol. The average Bonchev–Trinajstić information content (AvgIpc) is 3.04. The number of esters is 1. The molecule has 0 aromatic rings. The van der Waals surface area contributed by atoms with Crippen molar-refractivity contribution in [3.8, 4) is 0 Å². The first-order valence-corrected chi connectivity index (χ1v) is 14.3. The second-order valence-corrected chi connectivity index (χ2v) is 10.7. The molecule has 200 valence electrons. The molecule has 1 heterocycles. The van der Waals surface area contributed by atoms with Gasteiger partial charge in [-0.25, -0.2) is 9.36 Å². The lowest BCUT2D eigenvalue weighted by molar-refractivity contribution is -0.147. The molecule has 1 rings (SSSR count). The standard InChI is InChI=1S/C24H45O9P/c1-19(2)16-14-12-10-8-6-4-3-5-7-9-11-13-15-17-31-23-21(26)24(27)32-22(23)20(18-25)33-34(28,29)30/h19-20,22,25-26H,3-18H2,1-2H3,(H2,28,29,30)/t20-,22+/m0/s1. The molecule has 2 atom stereocenters. The van der Waals surface area contributed by atoms with Crippen LogP contribution in [-0.2, 0) is 23.4 Å². The number of carbonyl (C=O) groups is 1. The average molecular weight is 509 g/mol. The van der Waals surface area contributed by atoms with Crippen molar-refractivity contribution in [3.63, 3.8) is 0 Å². The van der Waals surface area contributed by atoms with Crippen LogP contribution >= 0.6 is 7.82 Å². The predicted molar refractivity (Wildman–Crippen MR) is 129 cm³/mol. The number of rotatable bonds is 21. The molecule has 1 aliphatic rings. The molecule has 0 amide bonds. The van der Waals surface area contributed by atoms with Crippen molar-refractivity contribution >= 4 is 13.8 Å². The zero-order valence-electron chi connectivity index (χ0n) is 20.8. The molecule has 34 heavy (non-hydrogen) atoms. The minimum absolute atomic E-state index is 0.206. The molecule has 0 fully saturated rings. The van der Waals surface area contributed by atoms with Crippen LogP contribution in [-0.4, -0.2) is 51.4 Å². The summed E-state index contributed by atoms with van der Waals surface area (Å²) < 4.78 is 25.8. The van der Waals surface area contributed by atoms with E-state index in [1.54, 1.807) is 0 Å². The van der Waals surface area contributed by atoms with Crippen LogP contribution in [0.25, 0.3) is 0 Å². The van der Waals surface area contributed by atoms with Crippen molar-refractivity contribution in [1.82, 2.24) is 0 Å². The smallest absolute Gasteiger partial charge is 0.470 e. The number of carbonyl (C=O) groups excluding carboxylic acids is 1. The SMILES string of the molecule is CC(C)CCCCCCCCCCCCCCCOC1=C(O)C(=O)O[C@@H]1[C@H](CO)OP(=O)(O)O. The Hall–Kier alpha value is -1.12. The first-order chi connectivity index (χ1) is 16.2. The van der Waals surface area contributed by atoms with E-state index in [9.17, 15) is 19.6 Å². The van der Waals surface area contributed by atoms with Gasteiger partial charge < -0.3 is 29.5 Å². The Bertz CT molecular complexity index is 644. The maximum absolute atomic E-state index is 11.6. The summed E-state index contributed by atoms with van der Waals surface area (Å²) in [6.45, 7) is 3.94. The Morgan fingerprint density at radius 2 is 1.35 bits per heavy atom. The summed E-state index contributed by atoms with van der Waals surface area (Å²) in [6.07, 6.45) is 14.1. The highest BCUT2D eigenvalue weighted by molar-refractivity contribution is 7.46. The van der Waals surface area contributed by atoms with Gasteiger partial charge in [-0.15, -0.1) is 0 Å². The van der Waals surface area contributed by atoms with Crippen LogP contribution in [0.5, 0.6) is 0 Å². The molecule has 4 N–H and O–H groups in total. The van der Waals surface area contributed by atoms with E-state index in [0.29, 0.717) is 6.42 Å². The van der Waals surface area contributed by atoms with Gasteiger partial charge in [-0.1, -0.05) is 97.3 Å². The van der Waals surface area contributed by atoms with Gasteiger partial charge in [0.2, 0.25) is 5.76 Å². The van der Waals surface area contributed by atoms with Gasteiger partial charge in [-0.3, -0.25) is 4.52 Å². The zero-order chi connectivity index (χ0) is 25.4. The first-order valence-electron chi connectivity index (χ1n) is 12.8. The van der Waals surface area contributed by atoms with E-state index in [2.05, 4.69) is 18.4 Å². The molecular formula is C24H45O9P. The minimum atomic E-state index is -4.93. The largest absolute Gasteiger partial charge is 0.499 e. The molecule has 1 aliphatic heterocycles. The fraction of sp³-hybridized carbons (Fsp3) is 0.875. The third-order valence-electron chi connectivity index (χ3n) is 5.89.